The summed E-state index contributed by atoms with van der Waals surface area (Å²) in [6, 6.07) is 7.88. The van der Waals surface area contributed by atoms with Gasteiger partial charge in [0.2, 0.25) is 5.91 Å². The molecule has 0 aromatic heterocycles. The standard InChI is InChI=1S/C14H21N3O/c1-10(15)14(18)17-13-8-4-7-12(9-13)16-11-5-2-3-6-11/h4,7-11,16H,2-3,5-6,15H2,1H3,(H,17,18). The summed E-state index contributed by atoms with van der Waals surface area (Å²) in [5, 5.41) is 6.30. The van der Waals surface area contributed by atoms with Crippen molar-refractivity contribution in [3.8, 4) is 0 Å². The summed E-state index contributed by atoms with van der Waals surface area (Å²) < 4.78 is 0. The normalized spacial score (nSPS) is 17.4. The topological polar surface area (TPSA) is 67.2 Å². The number of nitrogens with one attached hydrogen (secondary N) is 2. The van der Waals surface area contributed by atoms with Crippen LogP contribution in [0.2, 0.25) is 0 Å². The van der Waals surface area contributed by atoms with E-state index >= 15 is 0 Å². The SMILES string of the molecule is CC(N)C(=O)Nc1cccc(NC2CCCC2)c1. The van der Waals surface area contributed by atoms with Crippen LogP contribution in [0.25, 0.3) is 0 Å². The molecule has 1 aromatic carbocycles. The van der Waals surface area contributed by atoms with E-state index in [9.17, 15) is 4.79 Å². The first-order valence-corrected chi connectivity index (χ1v) is 6.58. The molecule has 0 radical (unpaired) electrons. The van der Waals surface area contributed by atoms with Gasteiger partial charge in [-0.05, 0) is 38.0 Å². The molecule has 4 N–H and O–H groups in total. The first-order valence-electron chi connectivity index (χ1n) is 6.58. The lowest BCUT2D eigenvalue weighted by molar-refractivity contribution is -0.117. The second kappa shape index (κ2) is 5.87. The Morgan fingerprint density at radius 2 is 2.00 bits per heavy atom. The molecule has 1 unspecified atom stereocenters. The van der Waals surface area contributed by atoms with E-state index in [0.29, 0.717) is 6.04 Å². The van der Waals surface area contributed by atoms with Crippen molar-refractivity contribution in [1.29, 1.82) is 0 Å². The molecule has 1 saturated carbocycles. The van der Waals surface area contributed by atoms with E-state index < -0.39 is 6.04 Å². The minimum atomic E-state index is -0.489. The maximum absolute atomic E-state index is 11.5. The van der Waals surface area contributed by atoms with Crippen LogP contribution in [0.3, 0.4) is 0 Å². The first kappa shape index (κ1) is 12.9. The smallest absolute Gasteiger partial charge is 0.240 e. The predicted octanol–water partition coefficient (Wildman–Crippen LogP) is 2.33. The number of rotatable bonds is 4. The Hall–Kier alpha value is -1.55. The van der Waals surface area contributed by atoms with Gasteiger partial charge in [0, 0.05) is 17.4 Å². The number of nitrogens with two attached hydrogens (primary N) is 1. The number of hydrogen-bond donors (Lipinski definition) is 3. The predicted molar refractivity (Wildman–Crippen MR) is 74.6 cm³/mol. The number of benzene rings is 1. The van der Waals surface area contributed by atoms with E-state index in [-0.39, 0.29) is 5.91 Å². The van der Waals surface area contributed by atoms with Crippen molar-refractivity contribution >= 4 is 17.3 Å². The number of carbonyl (C=O) groups is 1. The van der Waals surface area contributed by atoms with Gasteiger partial charge in [-0.25, -0.2) is 0 Å². The second-order valence-electron chi connectivity index (χ2n) is 4.98. The van der Waals surface area contributed by atoms with Gasteiger partial charge in [-0.15, -0.1) is 0 Å². The molecule has 0 bridgehead atoms. The van der Waals surface area contributed by atoms with Crippen LogP contribution in [-0.2, 0) is 4.79 Å². The molecule has 0 heterocycles. The highest BCUT2D eigenvalue weighted by Gasteiger charge is 2.14. The van der Waals surface area contributed by atoms with E-state index in [4.69, 9.17) is 5.73 Å². The molecule has 1 amide bonds. The highest BCUT2D eigenvalue weighted by atomic mass is 16.2. The van der Waals surface area contributed by atoms with Crippen molar-refractivity contribution in [3.63, 3.8) is 0 Å². The number of hydrogen-bond acceptors (Lipinski definition) is 3. The lowest BCUT2D eigenvalue weighted by atomic mass is 10.2. The van der Waals surface area contributed by atoms with Gasteiger partial charge in [0.25, 0.3) is 0 Å². The Kier molecular flexibility index (Phi) is 4.20. The van der Waals surface area contributed by atoms with E-state index in [1.807, 2.05) is 24.3 Å². The summed E-state index contributed by atoms with van der Waals surface area (Å²) in [4.78, 5) is 11.5. The third-order valence-electron chi connectivity index (χ3n) is 3.27. The molecule has 98 valence electrons. The second-order valence-corrected chi connectivity index (χ2v) is 4.98. The summed E-state index contributed by atoms with van der Waals surface area (Å²) in [5.74, 6) is -0.159. The van der Waals surface area contributed by atoms with E-state index in [1.165, 1.54) is 25.7 Å². The maximum atomic E-state index is 11.5. The fourth-order valence-electron chi connectivity index (χ4n) is 2.25. The highest BCUT2D eigenvalue weighted by Crippen LogP contribution is 2.23. The van der Waals surface area contributed by atoms with Crippen LogP contribution < -0.4 is 16.4 Å². The van der Waals surface area contributed by atoms with Gasteiger partial charge in [-0.3, -0.25) is 4.79 Å². The van der Waals surface area contributed by atoms with Gasteiger partial charge in [-0.2, -0.15) is 0 Å². The summed E-state index contributed by atoms with van der Waals surface area (Å²) >= 11 is 0. The molecular formula is C14H21N3O. The van der Waals surface area contributed by atoms with Gasteiger partial charge in [-0.1, -0.05) is 18.9 Å². The Bertz CT molecular complexity index is 411. The average Bonchev–Trinajstić information content (AvgIpc) is 2.82. The maximum Gasteiger partial charge on any atom is 0.240 e. The monoisotopic (exact) mass is 247 g/mol. The molecule has 4 heteroatoms. The molecule has 1 fully saturated rings. The molecule has 1 aliphatic carbocycles. The Balaban J connectivity index is 1.98. The van der Waals surface area contributed by atoms with E-state index in [0.717, 1.165) is 11.4 Å². The number of amides is 1. The fraction of sp³-hybridized carbons (Fsp3) is 0.500. The van der Waals surface area contributed by atoms with Crippen molar-refractivity contribution in [3.05, 3.63) is 24.3 Å². The van der Waals surface area contributed by atoms with Gasteiger partial charge in [0.1, 0.15) is 0 Å². The van der Waals surface area contributed by atoms with Crippen LogP contribution in [0.1, 0.15) is 32.6 Å². The van der Waals surface area contributed by atoms with Crippen LogP contribution in [-0.4, -0.2) is 18.0 Å². The summed E-state index contributed by atoms with van der Waals surface area (Å²) in [6.45, 7) is 1.68. The Morgan fingerprint density at radius 1 is 1.33 bits per heavy atom. The average molecular weight is 247 g/mol. The van der Waals surface area contributed by atoms with Crippen molar-refractivity contribution in [2.24, 2.45) is 5.73 Å². The minimum Gasteiger partial charge on any atom is -0.382 e. The van der Waals surface area contributed by atoms with E-state index in [2.05, 4.69) is 10.6 Å². The lowest BCUT2D eigenvalue weighted by Crippen LogP contribution is -2.32. The molecule has 0 aliphatic heterocycles. The van der Waals surface area contributed by atoms with Crippen LogP contribution >= 0.6 is 0 Å². The molecule has 2 rings (SSSR count). The minimum absolute atomic E-state index is 0.159. The largest absolute Gasteiger partial charge is 0.382 e. The quantitative estimate of drug-likeness (QED) is 0.765. The molecule has 18 heavy (non-hydrogen) atoms. The lowest BCUT2D eigenvalue weighted by Gasteiger charge is -2.15. The molecular weight excluding hydrogens is 226 g/mol. The molecule has 1 aromatic rings. The summed E-state index contributed by atoms with van der Waals surface area (Å²) in [5.41, 5.74) is 7.38. The van der Waals surface area contributed by atoms with Crippen molar-refractivity contribution in [1.82, 2.24) is 0 Å². The Labute approximate surface area is 108 Å². The first-order chi connectivity index (χ1) is 8.65. The summed E-state index contributed by atoms with van der Waals surface area (Å²) in [6.07, 6.45) is 5.07. The number of anilines is 2. The van der Waals surface area contributed by atoms with Crippen molar-refractivity contribution < 1.29 is 4.79 Å². The highest BCUT2D eigenvalue weighted by molar-refractivity contribution is 5.94. The van der Waals surface area contributed by atoms with Gasteiger partial charge in [0.05, 0.1) is 6.04 Å². The van der Waals surface area contributed by atoms with Crippen LogP contribution in [0.5, 0.6) is 0 Å². The van der Waals surface area contributed by atoms with Crippen LogP contribution in [0, 0.1) is 0 Å². The van der Waals surface area contributed by atoms with Gasteiger partial charge in [0.15, 0.2) is 0 Å². The third kappa shape index (κ3) is 3.47. The molecule has 4 nitrogen and oxygen atoms in total. The van der Waals surface area contributed by atoms with E-state index in [1.54, 1.807) is 6.92 Å². The van der Waals surface area contributed by atoms with Crippen molar-refractivity contribution in [2.45, 2.75) is 44.7 Å². The fourth-order valence-corrected chi connectivity index (χ4v) is 2.25. The molecule has 0 spiro atoms. The van der Waals surface area contributed by atoms with Gasteiger partial charge >= 0.3 is 0 Å². The molecule has 0 saturated heterocycles. The van der Waals surface area contributed by atoms with Crippen LogP contribution in [0.15, 0.2) is 24.3 Å². The number of carbonyl (C=O) groups excluding carboxylic acids is 1. The Morgan fingerprint density at radius 3 is 2.67 bits per heavy atom. The van der Waals surface area contributed by atoms with Gasteiger partial charge < -0.3 is 16.4 Å². The molecule has 1 atom stereocenters. The van der Waals surface area contributed by atoms with Crippen molar-refractivity contribution in [2.75, 3.05) is 10.6 Å². The summed E-state index contributed by atoms with van der Waals surface area (Å²) in [7, 11) is 0. The third-order valence-corrected chi connectivity index (χ3v) is 3.27. The van der Waals surface area contributed by atoms with Crippen LogP contribution in [0.4, 0.5) is 11.4 Å². The zero-order valence-electron chi connectivity index (χ0n) is 10.8. The zero-order chi connectivity index (χ0) is 13.0. The molecule has 1 aliphatic rings. The zero-order valence-corrected chi connectivity index (χ0v) is 10.8.